The summed E-state index contributed by atoms with van der Waals surface area (Å²) in [5.41, 5.74) is 2.52. The van der Waals surface area contributed by atoms with Gasteiger partial charge in [-0.15, -0.1) is 0 Å². The Hall–Kier alpha value is -3.49. The standard InChI is InChI=1S/C21H20F2N4O3/c1-5-27-15(9-11-6-7-13(18(22)23)24-19(11)27)20-25-14-8-12(21(28)30-4)10-16(29-3)17(14)26(20)2/h6-10,18H,5H2,1-4H3. The Morgan fingerprint density at radius 2 is 1.93 bits per heavy atom. The van der Waals surface area contributed by atoms with E-state index in [4.69, 9.17) is 14.5 Å². The first-order valence-electron chi connectivity index (χ1n) is 9.31. The molecule has 0 aliphatic heterocycles. The zero-order chi connectivity index (χ0) is 21.6. The molecule has 0 saturated carbocycles. The minimum absolute atomic E-state index is 0.267. The highest BCUT2D eigenvalue weighted by Gasteiger charge is 2.22. The van der Waals surface area contributed by atoms with Gasteiger partial charge in [-0.2, -0.15) is 0 Å². The lowest BCUT2D eigenvalue weighted by Crippen LogP contribution is -2.03. The highest BCUT2D eigenvalue weighted by molar-refractivity contribution is 5.97. The molecule has 0 amide bonds. The maximum absolute atomic E-state index is 13.1. The first-order chi connectivity index (χ1) is 14.4. The van der Waals surface area contributed by atoms with Crippen LogP contribution in [0.4, 0.5) is 8.78 Å². The minimum atomic E-state index is -2.64. The maximum Gasteiger partial charge on any atom is 0.338 e. The summed E-state index contributed by atoms with van der Waals surface area (Å²) < 4.78 is 40.3. The lowest BCUT2D eigenvalue weighted by Gasteiger charge is -2.09. The van der Waals surface area contributed by atoms with E-state index in [0.29, 0.717) is 40.4 Å². The number of esters is 1. The van der Waals surface area contributed by atoms with E-state index in [1.807, 2.05) is 29.2 Å². The molecule has 0 aliphatic rings. The number of pyridine rings is 1. The van der Waals surface area contributed by atoms with Crippen molar-refractivity contribution in [3.8, 4) is 17.3 Å². The van der Waals surface area contributed by atoms with Crippen molar-refractivity contribution in [2.45, 2.75) is 19.9 Å². The summed E-state index contributed by atoms with van der Waals surface area (Å²) >= 11 is 0. The summed E-state index contributed by atoms with van der Waals surface area (Å²) in [6.45, 7) is 2.44. The Balaban J connectivity index is 1.98. The molecule has 3 heterocycles. The van der Waals surface area contributed by atoms with Gasteiger partial charge in [-0.25, -0.2) is 23.5 Å². The van der Waals surface area contributed by atoms with Crippen LogP contribution in [0.25, 0.3) is 33.6 Å². The summed E-state index contributed by atoms with van der Waals surface area (Å²) in [5, 5.41) is 0.741. The Morgan fingerprint density at radius 1 is 1.17 bits per heavy atom. The van der Waals surface area contributed by atoms with Gasteiger partial charge >= 0.3 is 5.97 Å². The van der Waals surface area contributed by atoms with Crippen LogP contribution in [0.5, 0.6) is 5.75 Å². The summed E-state index contributed by atoms with van der Waals surface area (Å²) in [5.74, 6) is 0.587. The molecule has 7 nitrogen and oxygen atoms in total. The number of carbonyl (C=O) groups excluding carboxylic acids is 1. The second-order valence-electron chi connectivity index (χ2n) is 6.76. The molecule has 0 unspecified atom stereocenters. The quantitative estimate of drug-likeness (QED) is 0.454. The van der Waals surface area contributed by atoms with E-state index >= 15 is 0 Å². The number of aryl methyl sites for hydroxylation is 2. The second kappa shape index (κ2) is 7.40. The van der Waals surface area contributed by atoms with Gasteiger partial charge in [-0.1, -0.05) is 0 Å². The van der Waals surface area contributed by atoms with Crippen molar-refractivity contribution in [1.29, 1.82) is 0 Å². The topological polar surface area (TPSA) is 71.2 Å². The van der Waals surface area contributed by atoms with Gasteiger partial charge in [0.05, 0.1) is 31.0 Å². The van der Waals surface area contributed by atoms with E-state index in [1.165, 1.54) is 20.3 Å². The van der Waals surface area contributed by atoms with Gasteiger partial charge in [0.15, 0.2) is 5.82 Å². The molecule has 0 radical (unpaired) electrons. The normalized spacial score (nSPS) is 11.6. The number of hydrogen-bond donors (Lipinski definition) is 0. The van der Waals surface area contributed by atoms with Crippen LogP contribution in [-0.2, 0) is 18.3 Å². The van der Waals surface area contributed by atoms with E-state index in [2.05, 4.69) is 4.98 Å². The number of ether oxygens (including phenoxy) is 2. The number of fused-ring (bicyclic) bond motifs is 2. The second-order valence-corrected chi connectivity index (χ2v) is 6.76. The third kappa shape index (κ3) is 2.97. The molecule has 156 valence electrons. The fourth-order valence-electron chi connectivity index (χ4n) is 3.70. The lowest BCUT2D eigenvalue weighted by atomic mass is 10.2. The predicted octanol–water partition coefficient (Wildman–Crippen LogP) is 4.34. The van der Waals surface area contributed by atoms with E-state index in [0.717, 1.165) is 11.1 Å². The molecule has 9 heteroatoms. The number of benzene rings is 1. The highest BCUT2D eigenvalue weighted by atomic mass is 19.3. The molecule has 0 aliphatic carbocycles. The monoisotopic (exact) mass is 414 g/mol. The van der Waals surface area contributed by atoms with Crippen molar-refractivity contribution >= 4 is 28.0 Å². The number of hydrogen-bond acceptors (Lipinski definition) is 5. The third-order valence-corrected chi connectivity index (χ3v) is 5.11. The fourth-order valence-corrected chi connectivity index (χ4v) is 3.70. The zero-order valence-corrected chi connectivity index (χ0v) is 16.9. The van der Waals surface area contributed by atoms with Gasteiger partial charge < -0.3 is 18.6 Å². The molecule has 0 atom stereocenters. The van der Waals surface area contributed by atoms with Gasteiger partial charge in [0, 0.05) is 19.0 Å². The molecule has 0 bridgehead atoms. The van der Waals surface area contributed by atoms with Crippen LogP contribution in [0.2, 0.25) is 0 Å². The van der Waals surface area contributed by atoms with E-state index < -0.39 is 12.4 Å². The number of nitrogens with zero attached hydrogens (tertiary/aromatic N) is 4. The van der Waals surface area contributed by atoms with Crippen molar-refractivity contribution < 1.29 is 23.0 Å². The molecular formula is C21H20F2N4O3. The Morgan fingerprint density at radius 3 is 2.57 bits per heavy atom. The lowest BCUT2D eigenvalue weighted by molar-refractivity contribution is 0.0600. The number of methoxy groups -OCH3 is 2. The van der Waals surface area contributed by atoms with Crippen molar-refractivity contribution in [2.24, 2.45) is 7.05 Å². The maximum atomic E-state index is 13.1. The largest absolute Gasteiger partial charge is 0.494 e. The molecule has 0 N–H and O–H groups in total. The number of rotatable bonds is 5. The molecule has 0 spiro atoms. The van der Waals surface area contributed by atoms with Crippen LogP contribution in [0.15, 0.2) is 30.3 Å². The average molecular weight is 414 g/mol. The summed E-state index contributed by atoms with van der Waals surface area (Å²) in [4.78, 5) is 20.9. The van der Waals surface area contributed by atoms with Crippen molar-refractivity contribution in [1.82, 2.24) is 19.1 Å². The molecule has 4 rings (SSSR count). The molecule has 4 aromatic rings. The third-order valence-electron chi connectivity index (χ3n) is 5.11. The average Bonchev–Trinajstić information content (AvgIpc) is 3.28. The summed E-state index contributed by atoms with van der Waals surface area (Å²) in [6.07, 6.45) is -2.64. The number of carbonyl (C=O) groups is 1. The van der Waals surface area contributed by atoms with Gasteiger partial charge in [-0.05, 0) is 37.3 Å². The molecule has 0 fully saturated rings. The number of alkyl halides is 2. The number of imidazole rings is 1. The van der Waals surface area contributed by atoms with Gasteiger partial charge in [0.25, 0.3) is 6.43 Å². The Kier molecular flexibility index (Phi) is 4.89. The molecule has 3 aromatic heterocycles. The van der Waals surface area contributed by atoms with Gasteiger partial charge in [0.2, 0.25) is 0 Å². The van der Waals surface area contributed by atoms with Crippen LogP contribution >= 0.6 is 0 Å². The Labute approximate surface area is 170 Å². The first-order valence-corrected chi connectivity index (χ1v) is 9.31. The van der Waals surface area contributed by atoms with Crippen LogP contribution in [-0.4, -0.2) is 39.3 Å². The first kappa shape index (κ1) is 19.8. The molecule has 30 heavy (non-hydrogen) atoms. The van der Waals surface area contributed by atoms with Crippen molar-refractivity contribution in [3.63, 3.8) is 0 Å². The van der Waals surface area contributed by atoms with E-state index in [9.17, 15) is 13.6 Å². The minimum Gasteiger partial charge on any atom is -0.494 e. The van der Waals surface area contributed by atoms with Crippen LogP contribution in [0.1, 0.15) is 29.4 Å². The number of halogens is 2. The predicted molar refractivity (Wildman–Crippen MR) is 108 cm³/mol. The number of aromatic nitrogens is 4. The SMILES string of the molecule is CCn1c(-c2nc3cc(C(=O)OC)cc(OC)c3n2C)cc2ccc(C(F)F)nc21. The van der Waals surface area contributed by atoms with Crippen LogP contribution < -0.4 is 4.74 Å². The van der Waals surface area contributed by atoms with Gasteiger partial charge in [-0.3, -0.25) is 0 Å². The summed E-state index contributed by atoms with van der Waals surface area (Å²) in [7, 11) is 4.66. The molecular weight excluding hydrogens is 394 g/mol. The highest BCUT2D eigenvalue weighted by Crippen LogP contribution is 2.34. The van der Waals surface area contributed by atoms with E-state index in [1.54, 1.807) is 18.2 Å². The van der Waals surface area contributed by atoms with Crippen LogP contribution in [0, 0.1) is 0 Å². The fraction of sp³-hybridized carbons (Fsp3) is 0.286. The molecule has 0 saturated heterocycles. The molecule has 1 aromatic carbocycles. The van der Waals surface area contributed by atoms with Crippen molar-refractivity contribution in [3.05, 3.63) is 41.6 Å². The van der Waals surface area contributed by atoms with E-state index in [-0.39, 0.29) is 5.69 Å². The zero-order valence-electron chi connectivity index (χ0n) is 16.9. The summed E-state index contributed by atoms with van der Waals surface area (Å²) in [6, 6.07) is 8.08. The van der Waals surface area contributed by atoms with Crippen molar-refractivity contribution in [2.75, 3.05) is 14.2 Å². The van der Waals surface area contributed by atoms with Gasteiger partial charge in [0.1, 0.15) is 22.6 Å². The smallest absolute Gasteiger partial charge is 0.338 e. The Bertz CT molecular complexity index is 1280. The van der Waals surface area contributed by atoms with Crippen LogP contribution in [0.3, 0.4) is 0 Å².